The highest BCUT2D eigenvalue weighted by Crippen LogP contribution is 2.43. The van der Waals surface area contributed by atoms with Crippen molar-refractivity contribution in [2.45, 2.75) is 45.3 Å². The molecule has 3 heterocycles. The van der Waals surface area contributed by atoms with Gasteiger partial charge in [0.1, 0.15) is 5.69 Å². The molecule has 0 radical (unpaired) electrons. The van der Waals surface area contributed by atoms with E-state index in [2.05, 4.69) is 5.10 Å². The second-order valence-corrected chi connectivity index (χ2v) is 9.50. The second-order valence-electron chi connectivity index (χ2n) is 8.56. The van der Waals surface area contributed by atoms with E-state index in [0.29, 0.717) is 35.5 Å². The molecule has 31 heavy (non-hydrogen) atoms. The van der Waals surface area contributed by atoms with E-state index in [0.717, 1.165) is 16.9 Å². The van der Waals surface area contributed by atoms with Crippen LogP contribution in [0.3, 0.4) is 0 Å². The maximum Gasteiger partial charge on any atom is 0.339 e. The molecule has 4 rings (SSSR count). The number of hydrogen-bond donors (Lipinski definition) is 1. The Morgan fingerprint density at radius 1 is 1.39 bits per heavy atom. The van der Waals surface area contributed by atoms with Crippen molar-refractivity contribution < 1.29 is 23.8 Å². The highest BCUT2D eigenvalue weighted by atomic mass is 32.1. The minimum Gasteiger partial charge on any atom is -0.490 e. The normalized spacial score (nSPS) is 14.7. The molecule has 0 saturated heterocycles. The summed E-state index contributed by atoms with van der Waals surface area (Å²) in [6, 6.07) is 7.10. The first-order chi connectivity index (χ1) is 14.7. The smallest absolute Gasteiger partial charge is 0.339 e. The van der Waals surface area contributed by atoms with Crippen molar-refractivity contribution >= 4 is 17.3 Å². The fourth-order valence-corrected chi connectivity index (χ4v) is 4.58. The van der Waals surface area contributed by atoms with Gasteiger partial charge in [0.2, 0.25) is 0 Å². The van der Waals surface area contributed by atoms with E-state index in [1.807, 2.05) is 23.6 Å². The van der Waals surface area contributed by atoms with Crippen LogP contribution >= 0.6 is 11.3 Å². The lowest BCUT2D eigenvalue weighted by Gasteiger charge is -2.26. The average Bonchev–Trinajstić information content (AvgIpc) is 3.33. The lowest BCUT2D eigenvalue weighted by molar-refractivity contribution is -0.161. The summed E-state index contributed by atoms with van der Waals surface area (Å²) in [6.07, 6.45) is 0.236. The number of nitrogens with zero attached hydrogens (tertiary/aromatic N) is 2. The van der Waals surface area contributed by atoms with Crippen LogP contribution in [-0.2, 0) is 23.0 Å². The van der Waals surface area contributed by atoms with Gasteiger partial charge in [-0.05, 0) is 68.3 Å². The van der Waals surface area contributed by atoms with Gasteiger partial charge >= 0.3 is 5.97 Å². The quantitative estimate of drug-likeness (QED) is 0.584. The number of fused-ring (bicyclic) bond motifs is 1. The number of halogens is 1. The van der Waals surface area contributed by atoms with Gasteiger partial charge in [-0.15, -0.1) is 11.3 Å². The van der Waals surface area contributed by atoms with E-state index >= 15 is 0 Å². The SMILES string of the molecule is Cn1nc(-c2cccs2)c(-c2cc(F)c3c(c2)CCCO3)c1C(OC(C)(C)C)C(=O)O. The zero-order chi connectivity index (χ0) is 22.3. The first kappa shape index (κ1) is 21.5. The highest BCUT2D eigenvalue weighted by molar-refractivity contribution is 7.13. The Hall–Kier alpha value is -2.71. The van der Waals surface area contributed by atoms with Crippen LogP contribution in [0.2, 0.25) is 0 Å². The Morgan fingerprint density at radius 2 is 2.16 bits per heavy atom. The first-order valence-electron chi connectivity index (χ1n) is 10.1. The van der Waals surface area contributed by atoms with Crippen LogP contribution in [0.25, 0.3) is 21.7 Å². The standard InChI is InChI=1S/C23H25FN2O4S/c1-23(2,3)30-21(22(27)28)19-17(18(25-26(19)4)16-8-6-10-31-16)14-11-13-7-5-9-29-20(13)15(24)12-14/h6,8,10-12,21H,5,7,9H2,1-4H3,(H,27,28). The number of carboxylic acid groups (broad SMARTS) is 1. The molecule has 0 spiro atoms. The Bertz CT molecular complexity index is 1120. The lowest BCUT2D eigenvalue weighted by atomic mass is 9.95. The fourth-order valence-electron chi connectivity index (χ4n) is 3.86. The molecule has 0 fully saturated rings. The molecule has 1 aliphatic rings. The predicted octanol–water partition coefficient (Wildman–Crippen LogP) is 5.22. The number of carboxylic acids is 1. The van der Waals surface area contributed by atoms with E-state index in [-0.39, 0.29) is 5.75 Å². The minimum atomic E-state index is -1.27. The van der Waals surface area contributed by atoms with Gasteiger partial charge in [0.15, 0.2) is 17.7 Å². The summed E-state index contributed by atoms with van der Waals surface area (Å²) in [5.74, 6) is -1.31. The Kier molecular flexibility index (Phi) is 5.61. The summed E-state index contributed by atoms with van der Waals surface area (Å²) in [7, 11) is 1.69. The van der Waals surface area contributed by atoms with Crippen LogP contribution in [-0.4, -0.2) is 33.1 Å². The van der Waals surface area contributed by atoms with Crippen molar-refractivity contribution in [2.24, 2.45) is 7.05 Å². The van der Waals surface area contributed by atoms with Gasteiger partial charge < -0.3 is 14.6 Å². The van der Waals surface area contributed by atoms with Gasteiger partial charge in [0.25, 0.3) is 0 Å². The molecule has 6 nitrogen and oxygen atoms in total. The molecular formula is C23H25FN2O4S. The van der Waals surface area contributed by atoms with Crippen LogP contribution in [0.1, 0.15) is 44.6 Å². The van der Waals surface area contributed by atoms with E-state index in [1.54, 1.807) is 27.8 Å². The molecule has 0 bridgehead atoms. The van der Waals surface area contributed by atoms with E-state index < -0.39 is 23.5 Å². The van der Waals surface area contributed by atoms with Crippen molar-refractivity contribution in [3.05, 3.63) is 46.7 Å². The molecule has 1 aromatic carbocycles. The third-order valence-corrected chi connectivity index (χ3v) is 5.91. The van der Waals surface area contributed by atoms with Crippen molar-refractivity contribution in [1.82, 2.24) is 9.78 Å². The molecule has 2 aromatic heterocycles. The zero-order valence-electron chi connectivity index (χ0n) is 17.9. The summed E-state index contributed by atoms with van der Waals surface area (Å²) < 4.78 is 27.9. The van der Waals surface area contributed by atoms with Gasteiger partial charge in [-0.2, -0.15) is 5.10 Å². The highest BCUT2D eigenvalue weighted by Gasteiger charge is 2.35. The van der Waals surface area contributed by atoms with E-state index in [1.165, 1.54) is 22.1 Å². The van der Waals surface area contributed by atoms with Gasteiger partial charge in [-0.3, -0.25) is 4.68 Å². The number of aromatic nitrogens is 2. The van der Waals surface area contributed by atoms with Crippen LogP contribution in [0.5, 0.6) is 5.75 Å². The molecule has 0 saturated carbocycles. The molecule has 8 heteroatoms. The Morgan fingerprint density at radius 3 is 2.81 bits per heavy atom. The van der Waals surface area contributed by atoms with Gasteiger partial charge in [0.05, 0.1) is 22.8 Å². The van der Waals surface area contributed by atoms with Crippen molar-refractivity contribution in [2.75, 3.05) is 6.61 Å². The van der Waals surface area contributed by atoms with Crippen molar-refractivity contribution in [1.29, 1.82) is 0 Å². The van der Waals surface area contributed by atoms with E-state index in [9.17, 15) is 14.3 Å². The molecule has 1 unspecified atom stereocenters. The maximum atomic E-state index is 15.0. The molecule has 0 aliphatic carbocycles. The molecule has 1 aliphatic heterocycles. The maximum absolute atomic E-state index is 15.0. The fraction of sp³-hybridized carbons (Fsp3) is 0.391. The number of ether oxygens (including phenoxy) is 2. The summed E-state index contributed by atoms with van der Waals surface area (Å²) >= 11 is 1.49. The molecular weight excluding hydrogens is 419 g/mol. The zero-order valence-corrected chi connectivity index (χ0v) is 18.8. The number of benzene rings is 1. The van der Waals surface area contributed by atoms with Gasteiger partial charge in [0, 0.05) is 12.6 Å². The number of aliphatic carboxylic acids is 1. The lowest BCUT2D eigenvalue weighted by Crippen LogP contribution is -2.29. The Labute approximate surface area is 184 Å². The number of carbonyl (C=O) groups is 1. The largest absolute Gasteiger partial charge is 0.490 e. The summed E-state index contributed by atoms with van der Waals surface area (Å²) in [5.41, 5.74) is 2.18. The number of aryl methyl sites for hydroxylation is 2. The summed E-state index contributed by atoms with van der Waals surface area (Å²) in [5, 5.41) is 16.6. The third-order valence-electron chi connectivity index (χ3n) is 5.04. The van der Waals surface area contributed by atoms with Gasteiger partial charge in [-0.1, -0.05) is 6.07 Å². The predicted molar refractivity (Wildman–Crippen MR) is 117 cm³/mol. The molecule has 164 valence electrons. The van der Waals surface area contributed by atoms with Crippen LogP contribution in [0, 0.1) is 5.82 Å². The molecule has 0 amide bonds. The van der Waals surface area contributed by atoms with Crippen LogP contribution in [0.15, 0.2) is 29.6 Å². The topological polar surface area (TPSA) is 73.6 Å². The van der Waals surface area contributed by atoms with E-state index in [4.69, 9.17) is 9.47 Å². The third kappa shape index (κ3) is 4.22. The number of thiophene rings is 1. The number of rotatable bonds is 5. The van der Waals surface area contributed by atoms with Gasteiger partial charge in [-0.25, -0.2) is 9.18 Å². The first-order valence-corrected chi connectivity index (χ1v) is 11.0. The summed E-state index contributed by atoms with van der Waals surface area (Å²) in [6.45, 7) is 5.89. The summed E-state index contributed by atoms with van der Waals surface area (Å²) in [4.78, 5) is 13.1. The minimum absolute atomic E-state index is 0.277. The monoisotopic (exact) mass is 444 g/mol. The number of hydrogen-bond acceptors (Lipinski definition) is 5. The molecule has 1 N–H and O–H groups in total. The van der Waals surface area contributed by atoms with Crippen molar-refractivity contribution in [3.63, 3.8) is 0 Å². The molecule has 1 atom stereocenters. The second kappa shape index (κ2) is 8.09. The van der Waals surface area contributed by atoms with Crippen LogP contribution < -0.4 is 4.74 Å². The van der Waals surface area contributed by atoms with Crippen LogP contribution in [0.4, 0.5) is 4.39 Å². The Balaban J connectivity index is 1.98. The molecule has 3 aromatic rings. The van der Waals surface area contributed by atoms with Crippen molar-refractivity contribution in [3.8, 4) is 27.4 Å². The average molecular weight is 445 g/mol.